The van der Waals surface area contributed by atoms with E-state index in [9.17, 15) is 13.2 Å². The number of rotatable bonds is 8. The Bertz CT molecular complexity index is 902. The number of benzene rings is 2. The van der Waals surface area contributed by atoms with Gasteiger partial charge in [0.1, 0.15) is 0 Å². The molecule has 2 aromatic carbocycles. The first-order chi connectivity index (χ1) is 13.0. The second-order valence-corrected chi connectivity index (χ2v) is 9.62. The molecule has 0 aliphatic rings. The molecular weight excluding hydrogens is 372 g/mol. The summed E-state index contributed by atoms with van der Waals surface area (Å²) in [5.41, 5.74) is 2.26. The number of nitrogens with one attached hydrogen (secondary N) is 1. The van der Waals surface area contributed by atoms with Crippen LogP contribution in [0.25, 0.3) is 0 Å². The molecule has 5 nitrogen and oxygen atoms in total. The highest BCUT2D eigenvalue weighted by Gasteiger charge is 2.26. The lowest BCUT2D eigenvalue weighted by atomic mass is 10.0. The summed E-state index contributed by atoms with van der Waals surface area (Å²) in [7, 11) is -3.78. The maximum absolute atomic E-state index is 13.3. The Morgan fingerprint density at radius 2 is 1.46 bits per heavy atom. The normalized spacial score (nSPS) is 11.9. The molecule has 2 aromatic rings. The van der Waals surface area contributed by atoms with Crippen molar-refractivity contribution in [2.75, 3.05) is 10.8 Å². The highest BCUT2D eigenvalue weighted by atomic mass is 32.2. The van der Waals surface area contributed by atoms with Gasteiger partial charge in [0.25, 0.3) is 10.0 Å². The number of nitrogens with zero attached hydrogens (tertiary/aromatic N) is 1. The van der Waals surface area contributed by atoms with Crippen LogP contribution < -0.4 is 9.62 Å². The third-order valence-corrected chi connectivity index (χ3v) is 6.68. The van der Waals surface area contributed by atoms with Crippen LogP contribution in [-0.2, 0) is 14.8 Å². The molecule has 0 saturated heterocycles. The van der Waals surface area contributed by atoms with Gasteiger partial charge in [0.15, 0.2) is 0 Å². The van der Waals surface area contributed by atoms with Crippen LogP contribution in [0.3, 0.4) is 0 Å². The zero-order chi connectivity index (χ0) is 20.9. The van der Waals surface area contributed by atoms with Crippen molar-refractivity contribution in [1.29, 1.82) is 0 Å². The van der Waals surface area contributed by atoms with Gasteiger partial charge in [0.05, 0.1) is 10.6 Å². The van der Waals surface area contributed by atoms with Crippen LogP contribution in [0.5, 0.6) is 0 Å². The number of hydrogen-bond acceptors (Lipinski definition) is 3. The maximum atomic E-state index is 13.3. The third-order valence-electron chi connectivity index (χ3n) is 4.83. The van der Waals surface area contributed by atoms with Crippen LogP contribution in [0.2, 0.25) is 0 Å². The SMILES string of the molecule is CCC(C)(C)NC(=O)CCN(c1ccc(C)cc1)S(=O)(=O)c1ccc(C)cc1. The second-order valence-electron chi connectivity index (χ2n) is 7.76. The summed E-state index contributed by atoms with van der Waals surface area (Å²) in [6.07, 6.45) is 0.879. The number of amides is 1. The van der Waals surface area contributed by atoms with Crippen molar-refractivity contribution in [2.24, 2.45) is 0 Å². The smallest absolute Gasteiger partial charge is 0.264 e. The fourth-order valence-corrected chi connectivity index (χ4v) is 4.13. The van der Waals surface area contributed by atoms with E-state index >= 15 is 0 Å². The van der Waals surface area contributed by atoms with Gasteiger partial charge in [-0.3, -0.25) is 9.10 Å². The highest BCUT2D eigenvalue weighted by molar-refractivity contribution is 7.92. The van der Waals surface area contributed by atoms with Gasteiger partial charge in [0, 0.05) is 18.5 Å². The molecule has 6 heteroatoms. The van der Waals surface area contributed by atoms with Crippen molar-refractivity contribution in [1.82, 2.24) is 5.32 Å². The fraction of sp³-hybridized carbons (Fsp3) is 0.409. The Kier molecular flexibility index (Phi) is 6.88. The monoisotopic (exact) mass is 402 g/mol. The first-order valence-corrected chi connectivity index (χ1v) is 11.0. The molecule has 0 heterocycles. The number of anilines is 1. The lowest BCUT2D eigenvalue weighted by Gasteiger charge is -2.27. The van der Waals surface area contributed by atoms with E-state index in [1.54, 1.807) is 36.4 Å². The Labute approximate surface area is 168 Å². The first kappa shape index (κ1) is 22.0. The van der Waals surface area contributed by atoms with E-state index in [2.05, 4.69) is 5.32 Å². The summed E-state index contributed by atoms with van der Waals surface area (Å²) in [5, 5.41) is 2.96. The summed E-state index contributed by atoms with van der Waals surface area (Å²) < 4.78 is 27.9. The third kappa shape index (κ3) is 5.58. The predicted octanol–water partition coefficient (Wildman–Crippen LogP) is 4.19. The van der Waals surface area contributed by atoms with E-state index in [0.717, 1.165) is 17.5 Å². The molecule has 0 aliphatic heterocycles. The predicted molar refractivity (Wildman–Crippen MR) is 114 cm³/mol. The van der Waals surface area contributed by atoms with Crippen molar-refractivity contribution in [3.05, 3.63) is 59.7 Å². The molecule has 0 saturated carbocycles. The van der Waals surface area contributed by atoms with Crippen LogP contribution in [-0.4, -0.2) is 26.4 Å². The van der Waals surface area contributed by atoms with E-state index in [-0.39, 0.29) is 29.3 Å². The molecule has 0 fully saturated rings. The zero-order valence-electron chi connectivity index (χ0n) is 17.3. The molecule has 0 bridgehead atoms. The van der Waals surface area contributed by atoms with Crippen molar-refractivity contribution in [3.63, 3.8) is 0 Å². The number of aryl methyl sites for hydroxylation is 2. The van der Waals surface area contributed by atoms with Crippen LogP contribution in [0.15, 0.2) is 53.4 Å². The van der Waals surface area contributed by atoms with Crippen molar-refractivity contribution < 1.29 is 13.2 Å². The lowest BCUT2D eigenvalue weighted by molar-refractivity contribution is -0.122. The minimum absolute atomic E-state index is 0.0743. The van der Waals surface area contributed by atoms with Gasteiger partial charge < -0.3 is 5.32 Å². The van der Waals surface area contributed by atoms with Gasteiger partial charge in [-0.15, -0.1) is 0 Å². The lowest BCUT2D eigenvalue weighted by Crippen LogP contribution is -2.44. The van der Waals surface area contributed by atoms with E-state index in [4.69, 9.17) is 0 Å². The zero-order valence-corrected chi connectivity index (χ0v) is 18.1. The molecule has 0 radical (unpaired) electrons. The van der Waals surface area contributed by atoms with Crippen molar-refractivity contribution >= 4 is 21.6 Å². The number of hydrogen-bond donors (Lipinski definition) is 1. The molecule has 0 aromatic heterocycles. The van der Waals surface area contributed by atoms with Gasteiger partial charge >= 0.3 is 0 Å². The maximum Gasteiger partial charge on any atom is 0.264 e. The Balaban J connectivity index is 2.31. The Morgan fingerprint density at radius 3 is 1.96 bits per heavy atom. The molecule has 0 spiro atoms. The standard InChI is InChI=1S/C22H30N2O3S/c1-6-22(4,5)23-21(25)15-16-24(19-11-7-17(2)8-12-19)28(26,27)20-13-9-18(3)10-14-20/h7-14H,6,15-16H2,1-5H3,(H,23,25). The Morgan fingerprint density at radius 1 is 0.964 bits per heavy atom. The van der Waals surface area contributed by atoms with Crippen molar-refractivity contribution in [3.8, 4) is 0 Å². The molecule has 2 rings (SSSR count). The molecule has 0 unspecified atom stereocenters. The van der Waals surface area contributed by atoms with Gasteiger partial charge in [-0.2, -0.15) is 0 Å². The van der Waals surface area contributed by atoms with Crippen molar-refractivity contribution in [2.45, 2.75) is 57.9 Å². The molecular formula is C22H30N2O3S. The molecule has 1 N–H and O–H groups in total. The minimum Gasteiger partial charge on any atom is -0.351 e. The van der Waals surface area contributed by atoms with Crippen LogP contribution in [0.4, 0.5) is 5.69 Å². The number of carbonyl (C=O) groups excluding carboxylic acids is 1. The summed E-state index contributed by atoms with van der Waals surface area (Å²) in [4.78, 5) is 12.6. The van der Waals surface area contributed by atoms with Gasteiger partial charge in [0.2, 0.25) is 5.91 Å². The summed E-state index contributed by atoms with van der Waals surface area (Å²) in [6, 6.07) is 14.0. The average molecular weight is 403 g/mol. The minimum atomic E-state index is -3.78. The quantitative estimate of drug-likeness (QED) is 0.720. The molecule has 152 valence electrons. The van der Waals surface area contributed by atoms with E-state index in [1.807, 2.05) is 46.8 Å². The summed E-state index contributed by atoms with van der Waals surface area (Å²) in [6.45, 7) is 9.83. The average Bonchev–Trinajstić information content (AvgIpc) is 2.63. The number of carbonyl (C=O) groups is 1. The van der Waals surface area contributed by atoms with Gasteiger partial charge in [-0.05, 0) is 58.4 Å². The van der Waals surface area contributed by atoms with E-state index in [0.29, 0.717) is 5.69 Å². The fourth-order valence-electron chi connectivity index (χ4n) is 2.67. The van der Waals surface area contributed by atoms with Gasteiger partial charge in [-0.1, -0.05) is 42.3 Å². The van der Waals surface area contributed by atoms with Crippen LogP contribution in [0.1, 0.15) is 44.7 Å². The molecule has 0 aliphatic carbocycles. The molecule has 0 atom stereocenters. The largest absolute Gasteiger partial charge is 0.351 e. The highest BCUT2D eigenvalue weighted by Crippen LogP contribution is 2.25. The molecule has 1 amide bonds. The summed E-state index contributed by atoms with van der Waals surface area (Å²) >= 11 is 0. The first-order valence-electron chi connectivity index (χ1n) is 9.52. The van der Waals surface area contributed by atoms with E-state index in [1.165, 1.54) is 4.31 Å². The van der Waals surface area contributed by atoms with Crippen LogP contribution >= 0.6 is 0 Å². The summed E-state index contributed by atoms with van der Waals surface area (Å²) in [5.74, 6) is -0.164. The molecule has 28 heavy (non-hydrogen) atoms. The number of sulfonamides is 1. The van der Waals surface area contributed by atoms with Crippen LogP contribution in [0, 0.1) is 13.8 Å². The Hall–Kier alpha value is -2.34. The van der Waals surface area contributed by atoms with E-state index < -0.39 is 10.0 Å². The topological polar surface area (TPSA) is 66.5 Å². The van der Waals surface area contributed by atoms with Gasteiger partial charge in [-0.25, -0.2) is 8.42 Å². The second kappa shape index (κ2) is 8.78.